The number of ketones is 1. The Labute approximate surface area is 196 Å². The maximum atomic E-state index is 13.2. The first kappa shape index (κ1) is 22.8. The van der Waals surface area contributed by atoms with Crippen molar-refractivity contribution < 1.29 is 29.3 Å². The van der Waals surface area contributed by atoms with Crippen molar-refractivity contribution in [2.24, 2.45) is 0 Å². The molecular weight excluding hydrogens is 436 g/mol. The number of aliphatic hydroxyl groups is 1. The molecule has 1 aliphatic rings. The molecule has 1 saturated heterocycles. The van der Waals surface area contributed by atoms with Crippen molar-refractivity contribution in [2.45, 2.75) is 19.5 Å². The van der Waals surface area contributed by atoms with Gasteiger partial charge in [0.05, 0.1) is 25.3 Å². The van der Waals surface area contributed by atoms with Crippen molar-refractivity contribution in [3.63, 3.8) is 0 Å². The summed E-state index contributed by atoms with van der Waals surface area (Å²) in [6.45, 7) is 2.46. The molecule has 0 spiro atoms. The van der Waals surface area contributed by atoms with Gasteiger partial charge in [-0.1, -0.05) is 12.1 Å². The molecule has 2 N–H and O–H groups in total. The van der Waals surface area contributed by atoms with E-state index in [4.69, 9.17) is 9.47 Å². The Kier molecular flexibility index (Phi) is 6.49. The minimum atomic E-state index is -0.902. The van der Waals surface area contributed by atoms with E-state index in [-0.39, 0.29) is 29.4 Å². The highest BCUT2D eigenvalue weighted by Gasteiger charge is 2.46. The molecule has 2 heterocycles. The highest BCUT2D eigenvalue weighted by Crippen LogP contribution is 2.42. The molecule has 0 bridgehead atoms. The largest absolute Gasteiger partial charge is 0.507 e. The number of Topliss-reactive ketones (excluding diaryl/α,β-unsaturated/α-hetero) is 1. The van der Waals surface area contributed by atoms with Crippen LogP contribution in [0.5, 0.6) is 17.2 Å². The van der Waals surface area contributed by atoms with E-state index in [1.165, 1.54) is 18.1 Å². The van der Waals surface area contributed by atoms with Gasteiger partial charge in [0.2, 0.25) is 0 Å². The number of phenols is 1. The standard InChI is InChI=1S/C26H24N2O6/c1-3-34-19-9-6-17(7-10-19)24(30)22-23(18-8-11-20(29)21(13-18)33-2)28(26(32)25(22)31)15-16-5-4-12-27-14-16/h4-14,23,29-30H,3,15H2,1-2H3. The Bertz CT molecular complexity index is 1240. The summed E-state index contributed by atoms with van der Waals surface area (Å²) >= 11 is 0. The lowest BCUT2D eigenvalue weighted by Crippen LogP contribution is -2.29. The van der Waals surface area contributed by atoms with Gasteiger partial charge in [-0.25, -0.2) is 0 Å². The molecule has 8 nitrogen and oxygen atoms in total. The minimum Gasteiger partial charge on any atom is -0.507 e. The van der Waals surface area contributed by atoms with E-state index in [2.05, 4.69) is 4.98 Å². The quantitative estimate of drug-likeness (QED) is 0.313. The van der Waals surface area contributed by atoms with Crippen LogP contribution in [0.4, 0.5) is 0 Å². The smallest absolute Gasteiger partial charge is 0.295 e. The van der Waals surface area contributed by atoms with E-state index in [1.54, 1.807) is 60.9 Å². The molecule has 1 amide bonds. The van der Waals surface area contributed by atoms with Crippen LogP contribution in [0.1, 0.15) is 29.7 Å². The molecule has 0 aliphatic carbocycles. The Morgan fingerprint density at radius 2 is 1.88 bits per heavy atom. The van der Waals surface area contributed by atoms with Crippen molar-refractivity contribution in [1.82, 2.24) is 9.88 Å². The Morgan fingerprint density at radius 3 is 2.53 bits per heavy atom. The number of hydrogen-bond donors (Lipinski definition) is 2. The molecule has 3 aromatic rings. The van der Waals surface area contributed by atoms with Gasteiger partial charge in [0.25, 0.3) is 11.7 Å². The lowest BCUT2D eigenvalue weighted by molar-refractivity contribution is -0.140. The number of carbonyl (C=O) groups is 2. The van der Waals surface area contributed by atoms with Crippen molar-refractivity contribution >= 4 is 17.4 Å². The fourth-order valence-electron chi connectivity index (χ4n) is 3.97. The molecule has 4 rings (SSSR count). The third-order valence-corrected chi connectivity index (χ3v) is 5.57. The highest BCUT2D eigenvalue weighted by atomic mass is 16.5. The predicted molar refractivity (Wildman–Crippen MR) is 124 cm³/mol. The lowest BCUT2D eigenvalue weighted by Gasteiger charge is -2.25. The van der Waals surface area contributed by atoms with Crippen molar-refractivity contribution in [2.75, 3.05) is 13.7 Å². The predicted octanol–water partition coefficient (Wildman–Crippen LogP) is 3.82. The van der Waals surface area contributed by atoms with Crippen LogP contribution in [0.15, 0.2) is 72.6 Å². The Hall–Kier alpha value is -4.33. The second-order valence-electron chi connectivity index (χ2n) is 7.68. The van der Waals surface area contributed by atoms with Gasteiger partial charge in [-0.3, -0.25) is 14.6 Å². The number of likely N-dealkylation sites (tertiary alicyclic amines) is 1. The number of aromatic nitrogens is 1. The number of carbonyl (C=O) groups excluding carboxylic acids is 2. The van der Waals surface area contributed by atoms with Crippen LogP contribution in [-0.4, -0.2) is 45.5 Å². The Morgan fingerprint density at radius 1 is 1.12 bits per heavy atom. The van der Waals surface area contributed by atoms with Crippen LogP contribution in [0.2, 0.25) is 0 Å². The molecule has 0 saturated carbocycles. The summed E-state index contributed by atoms with van der Waals surface area (Å²) in [7, 11) is 1.41. The molecule has 174 valence electrons. The second kappa shape index (κ2) is 9.66. The summed E-state index contributed by atoms with van der Waals surface area (Å²) in [5.74, 6) is -1.11. The zero-order valence-corrected chi connectivity index (χ0v) is 18.8. The SMILES string of the molecule is CCOc1ccc(C(O)=C2C(=O)C(=O)N(Cc3cccnc3)C2c2ccc(O)c(OC)c2)cc1. The monoisotopic (exact) mass is 460 g/mol. The Balaban J connectivity index is 1.85. The van der Waals surface area contributed by atoms with Crippen molar-refractivity contribution in [1.29, 1.82) is 0 Å². The van der Waals surface area contributed by atoms with E-state index in [0.717, 1.165) is 5.56 Å². The first-order valence-corrected chi connectivity index (χ1v) is 10.7. The highest BCUT2D eigenvalue weighted by molar-refractivity contribution is 6.46. The summed E-state index contributed by atoms with van der Waals surface area (Å²) in [4.78, 5) is 31.7. The molecule has 1 fully saturated rings. The number of phenolic OH excluding ortho intramolecular Hbond substituents is 1. The number of amides is 1. The van der Waals surface area contributed by atoms with Crippen LogP contribution in [0, 0.1) is 0 Å². The number of methoxy groups -OCH3 is 1. The van der Waals surface area contributed by atoms with E-state index >= 15 is 0 Å². The van der Waals surface area contributed by atoms with Gasteiger partial charge in [0.15, 0.2) is 11.5 Å². The summed E-state index contributed by atoms with van der Waals surface area (Å²) in [5.41, 5.74) is 1.55. The molecule has 0 radical (unpaired) electrons. The average molecular weight is 460 g/mol. The molecule has 1 aliphatic heterocycles. The van der Waals surface area contributed by atoms with Crippen LogP contribution in [0.3, 0.4) is 0 Å². The normalized spacial score (nSPS) is 17.1. The molecule has 2 aromatic carbocycles. The van der Waals surface area contributed by atoms with Gasteiger partial charge in [0, 0.05) is 24.5 Å². The lowest BCUT2D eigenvalue weighted by atomic mass is 9.95. The molecular formula is C26H24N2O6. The number of rotatable bonds is 7. The average Bonchev–Trinajstić information content (AvgIpc) is 3.10. The van der Waals surface area contributed by atoms with Crippen molar-refractivity contribution in [3.8, 4) is 17.2 Å². The van der Waals surface area contributed by atoms with Gasteiger partial charge >= 0.3 is 0 Å². The minimum absolute atomic E-state index is 0.0502. The number of aliphatic hydroxyl groups excluding tert-OH is 1. The fourth-order valence-corrected chi connectivity index (χ4v) is 3.97. The molecule has 8 heteroatoms. The van der Waals surface area contributed by atoms with Crippen LogP contribution < -0.4 is 9.47 Å². The van der Waals surface area contributed by atoms with E-state index < -0.39 is 17.7 Å². The van der Waals surface area contributed by atoms with Gasteiger partial charge in [-0.05, 0) is 60.5 Å². The van der Waals surface area contributed by atoms with E-state index in [0.29, 0.717) is 23.5 Å². The van der Waals surface area contributed by atoms with Crippen LogP contribution >= 0.6 is 0 Å². The number of pyridine rings is 1. The number of nitrogens with zero attached hydrogens (tertiary/aromatic N) is 2. The van der Waals surface area contributed by atoms with Gasteiger partial charge in [-0.2, -0.15) is 0 Å². The third kappa shape index (κ3) is 4.30. The maximum absolute atomic E-state index is 13.2. The second-order valence-corrected chi connectivity index (χ2v) is 7.68. The first-order valence-electron chi connectivity index (χ1n) is 10.7. The topological polar surface area (TPSA) is 109 Å². The number of ether oxygens (including phenoxy) is 2. The summed E-state index contributed by atoms with van der Waals surface area (Å²) in [5, 5.41) is 21.2. The van der Waals surface area contributed by atoms with Gasteiger partial charge in [-0.15, -0.1) is 0 Å². The zero-order valence-electron chi connectivity index (χ0n) is 18.8. The van der Waals surface area contributed by atoms with E-state index in [1.807, 2.05) is 6.92 Å². The first-order chi connectivity index (χ1) is 16.4. The molecule has 1 unspecified atom stereocenters. The van der Waals surface area contributed by atoms with Crippen molar-refractivity contribution in [3.05, 3.63) is 89.3 Å². The van der Waals surface area contributed by atoms with Gasteiger partial charge in [0.1, 0.15) is 11.5 Å². The summed E-state index contributed by atoms with van der Waals surface area (Å²) < 4.78 is 10.7. The zero-order chi connectivity index (χ0) is 24.2. The van der Waals surface area contributed by atoms with E-state index in [9.17, 15) is 19.8 Å². The number of aromatic hydroxyl groups is 1. The molecule has 1 atom stereocenters. The summed E-state index contributed by atoms with van der Waals surface area (Å²) in [6, 6.07) is 13.8. The van der Waals surface area contributed by atoms with Crippen LogP contribution in [-0.2, 0) is 16.1 Å². The number of hydrogen-bond acceptors (Lipinski definition) is 7. The van der Waals surface area contributed by atoms with Crippen LogP contribution in [0.25, 0.3) is 5.76 Å². The maximum Gasteiger partial charge on any atom is 0.295 e. The summed E-state index contributed by atoms with van der Waals surface area (Å²) in [6.07, 6.45) is 3.23. The van der Waals surface area contributed by atoms with Gasteiger partial charge < -0.3 is 24.6 Å². The molecule has 1 aromatic heterocycles. The third-order valence-electron chi connectivity index (χ3n) is 5.57. The number of benzene rings is 2. The molecule has 34 heavy (non-hydrogen) atoms. The fraction of sp³-hybridized carbons (Fsp3) is 0.192.